The van der Waals surface area contributed by atoms with Crippen molar-refractivity contribution in [2.75, 3.05) is 0 Å². The largest absolute Gasteiger partial charge is 0.464 e. The Kier molecular flexibility index (Phi) is 8.07. The Morgan fingerprint density at radius 2 is 0.857 bits per heavy atom. The van der Waals surface area contributed by atoms with Crippen LogP contribution in [-0.2, 0) is 0 Å². The molecule has 0 radical (unpaired) electrons. The minimum absolute atomic E-state index is 0.497. The number of ether oxygens (including phenoxy) is 2. The van der Waals surface area contributed by atoms with E-state index >= 15 is 0 Å². The Bertz CT molecular complexity index is 848. The molecule has 2 unspecified atom stereocenters. The molecule has 154 valence electrons. The Morgan fingerprint density at radius 3 is 1.11 bits per heavy atom. The lowest BCUT2D eigenvalue weighted by molar-refractivity contribution is -0.00253. The van der Waals surface area contributed by atoms with Gasteiger partial charge in [0.05, 0.1) is 8.95 Å². The minimum Gasteiger partial charge on any atom is -0.464 e. The maximum atomic E-state index is 9.94. The van der Waals surface area contributed by atoms with Gasteiger partial charge in [-0.2, -0.15) is 0 Å². The van der Waals surface area contributed by atoms with Crippen molar-refractivity contribution in [1.29, 1.82) is 0 Å². The monoisotopic (exact) mass is 642 g/mol. The highest BCUT2D eigenvalue weighted by Gasteiger charge is 2.28. The van der Waals surface area contributed by atoms with Crippen molar-refractivity contribution in [2.24, 2.45) is 0 Å². The van der Waals surface area contributed by atoms with E-state index in [4.69, 9.17) is 9.47 Å². The molecule has 0 spiro atoms. The van der Waals surface area contributed by atoms with Gasteiger partial charge < -0.3 is 19.7 Å². The maximum Gasteiger partial charge on any atom is 0.194 e. The van der Waals surface area contributed by atoms with Gasteiger partial charge in [-0.1, -0.05) is 0 Å². The maximum absolute atomic E-state index is 9.94. The van der Waals surface area contributed by atoms with E-state index in [1.807, 2.05) is 27.7 Å². The summed E-state index contributed by atoms with van der Waals surface area (Å²) in [6.07, 6.45) is -2.02. The summed E-state index contributed by atoms with van der Waals surface area (Å²) in [5.41, 5.74) is 5.57. The predicted molar refractivity (Wildman–Crippen MR) is 126 cm³/mol. The number of hydrogen-bond acceptors (Lipinski definition) is 4. The van der Waals surface area contributed by atoms with Crippen LogP contribution < -0.4 is 9.47 Å². The third-order valence-electron chi connectivity index (χ3n) is 4.60. The topological polar surface area (TPSA) is 58.9 Å². The first-order valence-corrected chi connectivity index (χ1v) is 11.7. The van der Waals surface area contributed by atoms with Gasteiger partial charge in [-0.3, -0.25) is 0 Å². The Morgan fingerprint density at radius 1 is 0.571 bits per heavy atom. The third kappa shape index (κ3) is 4.47. The molecule has 4 nitrogen and oxygen atoms in total. The number of rotatable bonds is 5. The summed E-state index contributed by atoms with van der Waals surface area (Å²) in [6.45, 7) is 11.1. The highest BCUT2D eigenvalue weighted by Crippen LogP contribution is 2.53. The molecule has 0 aliphatic rings. The summed E-state index contributed by atoms with van der Waals surface area (Å²) < 4.78 is 14.7. The van der Waals surface area contributed by atoms with Gasteiger partial charge >= 0.3 is 0 Å². The zero-order valence-electron chi connectivity index (χ0n) is 16.4. The lowest BCUT2D eigenvalue weighted by atomic mass is 9.90. The van der Waals surface area contributed by atoms with Gasteiger partial charge in [0.15, 0.2) is 12.6 Å². The molecule has 0 aliphatic heterocycles. The van der Waals surface area contributed by atoms with E-state index in [9.17, 15) is 10.2 Å². The fraction of sp³-hybridized carbons (Fsp3) is 0.400. The number of aliphatic hydroxyl groups is 2. The van der Waals surface area contributed by atoms with E-state index in [1.165, 1.54) is 0 Å². The Hall–Kier alpha value is -0.120. The molecule has 0 aliphatic carbocycles. The fourth-order valence-corrected chi connectivity index (χ4v) is 5.09. The summed E-state index contributed by atoms with van der Waals surface area (Å²) in [5.74, 6) is 0.995. The lowest BCUT2D eigenvalue weighted by Gasteiger charge is -2.26. The van der Waals surface area contributed by atoms with Crippen LogP contribution in [0.5, 0.6) is 11.5 Å². The van der Waals surface area contributed by atoms with Crippen molar-refractivity contribution in [2.45, 2.75) is 54.1 Å². The summed E-state index contributed by atoms with van der Waals surface area (Å²) in [7, 11) is 0. The normalized spacial score (nSPS) is 13.4. The first-order valence-electron chi connectivity index (χ1n) is 8.56. The van der Waals surface area contributed by atoms with Crippen molar-refractivity contribution in [3.8, 4) is 22.6 Å². The highest BCUT2D eigenvalue weighted by molar-refractivity contribution is 9.13. The number of halogens is 4. The summed E-state index contributed by atoms with van der Waals surface area (Å²) >= 11 is 14.4. The first kappa shape index (κ1) is 24.2. The molecular weight excluding hydrogens is 624 g/mol. The third-order valence-corrected chi connectivity index (χ3v) is 9.16. The van der Waals surface area contributed by atoms with Crippen LogP contribution in [0, 0.1) is 27.7 Å². The van der Waals surface area contributed by atoms with Crippen LogP contribution in [0.2, 0.25) is 0 Å². The standard InChI is InChI=1S/C20H22Br4O4/c1-7-9(3)15(21)17(23)19(27-11(5)25)13(7)14-8(2)10(4)16(22)18(24)20(14)28-12(6)26/h11-12,25-26H,1-6H3. The SMILES string of the molecule is Cc1c(C)c(-c2c(C)c(C)c(Br)c(Br)c2OC(C)O)c(OC(C)O)c(Br)c1Br. The van der Waals surface area contributed by atoms with Gasteiger partial charge in [0.1, 0.15) is 11.5 Å². The molecular formula is C20H22Br4O4. The number of benzene rings is 2. The fourth-order valence-electron chi connectivity index (χ4n) is 2.96. The summed E-state index contributed by atoms with van der Waals surface area (Å²) in [4.78, 5) is 0. The van der Waals surface area contributed by atoms with E-state index in [1.54, 1.807) is 13.8 Å². The van der Waals surface area contributed by atoms with Gasteiger partial charge in [0, 0.05) is 20.1 Å². The van der Waals surface area contributed by atoms with Gasteiger partial charge in [0.25, 0.3) is 0 Å². The number of aliphatic hydroxyl groups excluding tert-OH is 2. The smallest absolute Gasteiger partial charge is 0.194 e. The molecule has 2 atom stereocenters. The van der Waals surface area contributed by atoms with Crippen LogP contribution in [0.3, 0.4) is 0 Å². The quantitative estimate of drug-likeness (QED) is 0.342. The second kappa shape index (κ2) is 9.35. The molecule has 0 saturated heterocycles. The van der Waals surface area contributed by atoms with Gasteiger partial charge in [0.2, 0.25) is 0 Å². The van der Waals surface area contributed by atoms with Crippen LogP contribution in [0.15, 0.2) is 17.9 Å². The average molecular weight is 646 g/mol. The van der Waals surface area contributed by atoms with E-state index < -0.39 is 12.6 Å². The van der Waals surface area contributed by atoms with Crippen molar-refractivity contribution in [3.05, 3.63) is 40.1 Å². The van der Waals surface area contributed by atoms with Crippen LogP contribution in [0.4, 0.5) is 0 Å². The van der Waals surface area contributed by atoms with Gasteiger partial charge in [-0.15, -0.1) is 0 Å². The van der Waals surface area contributed by atoms with Gasteiger partial charge in [-0.05, 0) is 128 Å². The minimum atomic E-state index is -1.01. The highest BCUT2D eigenvalue weighted by atomic mass is 79.9. The van der Waals surface area contributed by atoms with Gasteiger partial charge in [-0.25, -0.2) is 0 Å². The molecule has 0 bridgehead atoms. The molecule has 2 aromatic rings. The summed E-state index contributed by atoms with van der Waals surface area (Å²) in [6, 6.07) is 0. The molecule has 8 heteroatoms. The molecule has 0 amide bonds. The van der Waals surface area contributed by atoms with E-state index in [0.717, 1.165) is 42.3 Å². The van der Waals surface area contributed by atoms with Crippen molar-refractivity contribution in [3.63, 3.8) is 0 Å². The molecule has 2 N–H and O–H groups in total. The second-order valence-electron chi connectivity index (χ2n) is 6.60. The molecule has 0 saturated carbocycles. The van der Waals surface area contributed by atoms with Crippen LogP contribution in [0.1, 0.15) is 36.1 Å². The molecule has 28 heavy (non-hydrogen) atoms. The average Bonchev–Trinajstić information content (AvgIpc) is 2.62. The Balaban J connectivity index is 3.07. The van der Waals surface area contributed by atoms with Crippen LogP contribution >= 0.6 is 63.7 Å². The molecule has 0 heterocycles. The van der Waals surface area contributed by atoms with E-state index in [2.05, 4.69) is 63.7 Å². The zero-order valence-corrected chi connectivity index (χ0v) is 22.7. The Labute approximate surface area is 199 Å². The second-order valence-corrected chi connectivity index (χ2v) is 9.77. The van der Waals surface area contributed by atoms with Crippen LogP contribution in [0.25, 0.3) is 11.1 Å². The summed E-state index contributed by atoms with van der Waals surface area (Å²) in [5, 5.41) is 19.9. The van der Waals surface area contributed by atoms with Crippen molar-refractivity contribution < 1.29 is 19.7 Å². The molecule has 2 rings (SSSR count). The van der Waals surface area contributed by atoms with Crippen molar-refractivity contribution >= 4 is 63.7 Å². The first-order chi connectivity index (χ1) is 12.9. The molecule has 0 fully saturated rings. The molecule has 2 aromatic carbocycles. The molecule has 0 aromatic heterocycles. The van der Waals surface area contributed by atoms with Crippen LogP contribution in [-0.4, -0.2) is 22.8 Å². The van der Waals surface area contributed by atoms with E-state index in [0.29, 0.717) is 20.4 Å². The predicted octanol–water partition coefficient (Wildman–Crippen LogP) is 7.07. The number of hydrogen-bond donors (Lipinski definition) is 2. The zero-order chi connectivity index (χ0) is 21.5. The van der Waals surface area contributed by atoms with Crippen molar-refractivity contribution in [1.82, 2.24) is 0 Å². The lowest BCUT2D eigenvalue weighted by Crippen LogP contribution is -2.14. The van der Waals surface area contributed by atoms with E-state index in [-0.39, 0.29) is 0 Å².